The molecule has 0 amide bonds. The first-order chi connectivity index (χ1) is 9.47. The summed E-state index contributed by atoms with van der Waals surface area (Å²) >= 11 is 9.18. The van der Waals surface area contributed by atoms with Gasteiger partial charge in [-0.2, -0.15) is 0 Å². The molecule has 0 aliphatic heterocycles. The molecular weight excluding hydrogens is 362 g/mol. The number of nitrogens with one attached hydrogen (secondary N) is 1. The molecule has 1 aromatic rings. The van der Waals surface area contributed by atoms with Crippen LogP contribution >= 0.6 is 27.5 Å². The van der Waals surface area contributed by atoms with Gasteiger partial charge in [0.05, 0.1) is 9.92 Å². The van der Waals surface area contributed by atoms with E-state index in [0.717, 1.165) is 11.8 Å². The quantitative estimate of drug-likeness (QED) is 0.878. The summed E-state index contributed by atoms with van der Waals surface area (Å²) in [4.78, 5) is 0.283. The first-order valence-electron chi connectivity index (χ1n) is 6.95. The van der Waals surface area contributed by atoms with Crippen molar-refractivity contribution in [2.24, 2.45) is 23.7 Å². The summed E-state index contributed by atoms with van der Waals surface area (Å²) in [6.07, 6.45) is 3.90. The van der Waals surface area contributed by atoms with E-state index in [1.807, 2.05) is 0 Å². The van der Waals surface area contributed by atoms with Gasteiger partial charge in [-0.3, -0.25) is 0 Å². The van der Waals surface area contributed by atoms with E-state index >= 15 is 0 Å². The molecule has 3 fully saturated rings. The predicted molar refractivity (Wildman–Crippen MR) is 81.1 cm³/mol. The summed E-state index contributed by atoms with van der Waals surface area (Å²) in [7, 11) is -3.44. The van der Waals surface area contributed by atoms with Crippen molar-refractivity contribution in [3.8, 4) is 0 Å². The first kappa shape index (κ1) is 13.6. The number of fused-ring (bicyclic) bond motifs is 5. The molecule has 4 unspecified atom stereocenters. The molecule has 20 heavy (non-hydrogen) atoms. The van der Waals surface area contributed by atoms with Crippen molar-refractivity contribution in [2.45, 2.75) is 30.2 Å². The largest absolute Gasteiger partial charge is 0.240 e. The molecule has 3 saturated carbocycles. The Balaban J connectivity index is 1.55. The maximum atomic E-state index is 12.4. The van der Waals surface area contributed by atoms with Crippen molar-refractivity contribution in [1.82, 2.24) is 4.72 Å². The maximum absolute atomic E-state index is 12.4. The topological polar surface area (TPSA) is 46.2 Å². The van der Waals surface area contributed by atoms with Crippen LogP contribution in [0.1, 0.15) is 19.3 Å². The highest BCUT2D eigenvalue weighted by molar-refractivity contribution is 9.10. The van der Waals surface area contributed by atoms with E-state index in [9.17, 15) is 8.42 Å². The van der Waals surface area contributed by atoms with Crippen LogP contribution in [0.25, 0.3) is 0 Å². The first-order valence-corrected chi connectivity index (χ1v) is 9.60. The molecule has 6 heteroatoms. The lowest BCUT2D eigenvalue weighted by molar-refractivity contribution is 0.456. The normalized spacial score (nSPS) is 38.0. The highest BCUT2D eigenvalue weighted by Crippen LogP contribution is 2.65. The molecule has 0 spiro atoms. The Morgan fingerprint density at radius 1 is 1.20 bits per heavy atom. The number of hydrogen-bond acceptors (Lipinski definition) is 2. The van der Waals surface area contributed by atoms with Gasteiger partial charge in [-0.15, -0.1) is 0 Å². The minimum Gasteiger partial charge on any atom is -0.207 e. The Labute approximate surface area is 132 Å². The van der Waals surface area contributed by atoms with E-state index in [-0.39, 0.29) is 10.9 Å². The van der Waals surface area contributed by atoms with Crippen LogP contribution in [0.15, 0.2) is 27.6 Å². The van der Waals surface area contributed by atoms with E-state index < -0.39 is 10.0 Å². The SMILES string of the molecule is O=S(=O)(NC1C2C3CCC(C3)C12)c1ccc(Cl)c(Br)c1. The Bertz CT molecular complexity index is 662. The van der Waals surface area contributed by atoms with Crippen molar-refractivity contribution in [2.75, 3.05) is 0 Å². The van der Waals surface area contributed by atoms with Gasteiger partial charge >= 0.3 is 0 Å². The van der Waals surface area contributed by atoms with Crippen molar-refractivity contribution >= 4 is 37.6 Å². The molecule has 4 atom stereocenters. The van der Waals surface area contributed by atoms with Gasteiger partial charge in [0.25, 0.3) is 0 Å². The zero-order chi connectivity index (χ0) is 14.1. The fourth-order valence-corrected chi connectivity index (χ4v) is 6.35. The van der Waals surface area contributed by atoms with Gasteiger partial charge < -0.3 is 0 Å². The molecule has 3 aliphatic rings. The minimum atomic E-state index is -3.44. The monoisotopic (exact) mass is 375 g/mol. The van der Waals surface area contributed by atoms with Crippen LogP contribution in [0, 0.1) is 23.7 Å². The van der Waals surface area contributed by atoms with E-state index in [4.69, 9.17) is 11.6 Å². The molecule has 2 bridgehead atoms. The van der Waals surface area contributed by atoms with Gasteiger partial charge in [0.15, 0.2) is 0 Å². The van der Waals surface area contributed by atoms with Crippen LogP contribution in [0.2, 0.25) is 5.02 Å². The van der Waals surface area contributed by atoms with Crippen molar-refractivity contribution in [3.63, 3.8) is 0 Å². The third-order valence-corrected chi connectivity index (χ3v) is 7.90. The second kappa shape index (κ2) is 4.45. The number of hydrogen-bond donors (Lipinski definition) is 1. The highest BCUT2D eigenvalue weighted by atomic mass is 79.9. The average Bonchev–Trinajstić information content (AvgIpc) is 2.81. The van der Waals surface area contributed by atoms with Gasteiger partial charge in [0.2, 0.25) is 10.0 Å². The summed E-state index contributed by atoms with van der Waals surface area (Å²) in [5.74, 6) is 2.71. The van der Waals surface area contributed by atoms with Crippen LogP contribution in [0.4, 0.5) is 0 Å². The molecule has 0 heterocycles. The smallest absolute Gasteiger partial charge is 0.207 e. The van der Waals surface area contributed by atoms with E-state index in [1.165, 1.54) is 19.3 Å². The molecule has 3 aliphatic carbocycles. The highest BCUT2D eigenvalue weighted by Gasteiger charge is 2.65. The van der Waals surface area contributed by atoms with Crippen molar-refractivity contribution in [3.05, 3.63) is 27.7 Å². The Morgan fingerprint density at radius 3 is 2.45 bits per heavy atom. The molecule has 1 aromatic carbocycles. The second-order valence-corrected chi connectivity index (χ2v) is 9.19. The number of benzene rings is 1. The minimum absolute atomic E-state index is 0.167. The number of halogens is 2. The molecule has 3 nitrogen and oxygen atoms in total. The van der Waals surface area contributed by atoms with Crippen LogP contribution < -0.4 is 4.72 Å². The Morgan fingerprint density at radius 2 is 1.85 bits per heavy atom. The number of rotatable bonds is 3. The summed E-state index contributed by atoms with van der Waals surface area (Å²) < 4.78 is 28.4. The molecule has 0 aromatic heterocycles. The van der Waals surface area contributed by atoms with Crippen LogP contribution in [-0.2, 0) is 10.0 Å². The summed E-state index contributed by atoms with van der Waals surface area (Å²) in [6.45, 7) is 0. The van der Waals surface area contributed by atoms with Crippen LogP contribution in [0.5, 0.6) is 0 Å². The van der Waals surface area contributed by atoms with Gasteiger partial charge in [-0.05, 0) is 77.1 Å². The molecule has 0 radical (unpaired) electrons. The number of sulfonamides is 1. The van der Waals surface area contributed by atoms with E-state index in [2.05, 4.69) is 20.7 Å². The lowest BCUT2D eigenvalue weighted by atomic mass is 10.0. The summed E-state index contributed by atoms with van der Waals surface area (Å²) in [5.41, 5.74) is 0. The van der Waals surface area contributed by atoms with Crippen molar-refractivity contribution in [1.29, 1.82) is 0 Å². The predicted octanol–water partition coefficient (Wildman–Crippen LogP) is 3.43. The average molecular weight is 377 g/mol. The lowest BCUT2D eigenvalue weighted by Gasteiger charge is -2.11. The molecule has 1 N–H and O–H groups in total. The molecule has 108 valence electrons. The van der Waals surface area contributed by atoms with Crippen LogP contribution in [-0.4, -0.2) is 14.5 Å². The summed E-state index contributed by atoms with van der Waals surface area (Å²) in [6, 6.07) is 4.90. The maximum Gasteiger partial charge on any atom is 0.240 e. The summed E-state index contributed by atoms with van der Waals surface area (Å²) in [5, 5.41) is 0.519. The van der Waals surface area contributed by atoms with E-state index in [1.54, 1.807) is 18.2 Å². The third kappa shape index (κ3) is 1.97. The van der Waals surface area contributed by atoms with Gasteiger partial charge in [-0.1, -0.05) is 11.6 Å². The molecular formula is C14H15BrClNO2S. The van der Waals surface area contributed by atoms with Gasteiger partial charge in [-0.25, -0.2) is 13.1 Å². The van der Waals surface area contributed by atoms with Crippen molar-refractivity contribution < 1.29 is 8.42 Å². The fourth-order valence-electron chi connectivity index (χ4n) is 4.37. The molecule has 4 rings (SSSR count). The van der Waals surface area contributed by atoms with Gasteiger partial charge in [0, 0.05) is 10.5 Å². The Hall–Kier alpha value is -0.100. The third-order valence-electron chi connectivity index (χ3n) is 5.23. The standard InChI is InChI=1S/C14H15BrClNO2S/c15-10-6-9(3-4-11(10)16)20(18,19)17-14-12-7-1-2-8(5-7)13(12)14/h3-4,6-8,12-14,17H,1-2,5H2. The van der Waals surface area contributed by atoms with Crippen LogP contribution in [0.3, 0.4) is 0 Å². The Kier molecular flexibility index (Phi) is 3.01. The van der Waals surface area contributed by atoms with Gasteiger partial charge in [0.1, 0.15) is 0 Å². The lowest BCUT2D eigenvalue weighted by Crippen LogP contribution is -2.30. The molecule has 0 saturated heterocycles. The zero-order valence-electron chi connectivity index (χ0n) is 10.7. The zero-order valence-corrected chi connectivity index (χ0v) is 13.9. The second-order valence-electron chi connectivity index (χ2n) is 6.21. The fraction of sp³-hybridized carbons (Fsp3) is 0.571. The van der Waals surface area contributed by atoms with E-state index in [0.29, 0.717) is 21.3 Å².